The van der Waals surface area contributed by atoms with Gasteiger partial charge in [0.25, 0.3) is 0 Å². The molecule has 0 bridgehead atoms. The number of aliphatic hydroxyl groups is 1. The van der Waals surface area contributed by atoms with Crippen molar-refractivity contribution in [2.45, 2.75) is 18.9 Å². The lowest BCUT2D eigenvalue weighted by molar-refractivity contribution is -0.682. The third-order valence-electron chi connectivity index (χ3n) is 2.47. The minimum Gasteiger partial charge on any atom is -0.544 e. The Morgan fingerprint density at radius 1 is 1.53 bits per heavy atom. The molecule has 1 aromatic heterocycles. The molecule has 0 saturated heterocycles. The van der Waals surface area contributed by atoms with E-state index in [9.17, 15) is 14.7 Å². The van der Waals surface area contributed by atoms with Gasteiger partial charge in [-0.3, -0.25) is 9.78 Å². The second kappa shape index (κ2) is 8.17. The Kier molecular flexibility index (Phi) is 6.48. The zero-order valence-corrected chi connectivity index (χ0v) is 10.4. The summed E-state index contributed by atoms with van der Waals surface area (Å²) in [5.41, 5.74) is 0.514. The molecule has 0 aromatic carbocycles. The summed E-state index contributed by atoms with van der Waals surface area (Å²) in [5, 5.41) is 23.5. The lowest BCUT2D eigenvalue weighted by Gasteiger charge is -2.16. The van der Waals surface area contributed by atoms with Crippen LogP contribution in [0, 0.1) is 0 Å². The van der Waals surface area contributed by atoms with E-state index >= 15 is 0 Å². The number of amides is 1. The van der Waals surface area contributed by atoms with E-state index in [1.807, 2.05) is 0 Å². The molecule has 4 N–H and O–H groups in total. The van der Waals surface area contributed by atoms with Crippen molar-refractivity contribution in [3.05, 3.63) is 24.5 Å². The third-order valence-corrected chi connectivity index (χ3v) is 2.47. The Balaban J connectivity index is 2.45. The van der Waals surface area contributed by atoms with Gasteiger partial charge in [0.1, 0.15) is 6.04 Å². The molecule has 0 aliphatic carbocycles. The average molecular weight is 267 g/mol. The molecule has 0 aliphatic heterocycles. The highest BCUT2D eigenvalue weighted by atomic mass is 16.4. The Morgan fingerprint density at radius 2 is 2.32 bits per heavy atom. The highest BCUT2D eigenvalue weighted by Gasteiger charge is 2.17. The van der Waals surface area contributed by atoms with Gasteiger partial charge in [-0.05, 0) is 12.1 Å². The summed E-state index contributed by atoms with van der Waals surface area (Å²) in [5.74, 6) is -1.71. The molecule has 7 heteroatoms. The summed E-state index contributed by atoms with van der Waals surface area (Å²) >= 11 is 0. The van der Waals surface area contributed by atoms with Gasteiger partial charge in [0.2, 0.25) is 5.91 Å². The number of hydrogen-bond donors (Lipinski definition) is 3. The van der Waals surface area contributed by atoms with Gasteiger partial charge in [-0.2, -0.15) is 0 Å². The van der Waals surface area contributed by atoms with E-state index in [0.29, 0.717) is 18.7 Å². The highest BCUT2D eigenvalue weighted by Crippen LogP contribution is 2.03. The first-order valence-corrected chi connectivity index (χ1v) is 5.98. The number of anilines is 1. The van der Waals surface area contributed by atoms with Crippen LogP contribution in [-0.2, 0) is 9.59 Å². The molecule has 1 rings (SSSR count). The number of carboxylic acid groups (broad SMARTS) is 1. The molecule has 1 atom stereocenters. The predicted octanol–water partition coefficient (Wildman–Crippen LogP) is -2.53. The Morgan fingerprint density at radius 3 is 2.89 bits per heavy atom. The lowest BCUT2D eigenvalue weighted by atomic mass is 10.2. The third kappa shape index (κ3) is 5.94. The van der Waals surface area contributed by atoms with Crippen molar-refractivity contribution in [1.29, 1.82) is 0 Å². The van der Waals surface area contributed by atoms with E-state index in [2.05, 4.69) is 10.3 Å². The van der Waals surface area contributed by atoms with Crippen LogP contribution in [-0.4, -0.2) is 41.2 Å². The molecule has 0 spiro atoms. The molecule has 1 aromatic rings. The molecule has 7 nitrogen and oxygen atoms in total. The van der Waals surface area contributed by atoms with Gasteiger partial charge in [-0.1, -0.05) is 0 Å². The summed E-state index contributed by atoms with van der Waals surface area (Å²) in [6.07, 6.45) is 3.32. The van der Waals surface area contributed by atoms with Gasteiger partial charge in [-0.25, -0.2) is 0 Å². The van der Waals surface area contributed by atoms with Crippen LogP contribution in [0.2, 0.25) is 0 Å². The molecule has 1 heterocycles. The maximum Gasteiger partial charge on any atom is 0.230 e. The molecule has 0 radical (unpaired) electrons. The number of carboxylic acids is 1. The van der Waals surface area contributed by atoms with E-state index in [-0.39, 0.29) is 13.0 Å². The van der Waals surface area contributed by atoms with Crippen LogP contribution in [0.25, 0.3) is 0 Å². The summed E-state index contributed by atoms with van der Waals surface area (Å²) in [7, 11) is 0. The molecular weight excluding hydrogens is 250 g/mol. The number of nitrogens with one attached hydrogen (secondary N) is 1. The van der Waals surface area contributed by atoms with E-state index in [1.54, 1.807) is 18.3 Å². The Labute approximate surface area is 110 Å². The van der Waals surface area contributed by atoms with Gasteiger partial charge in [0.05, 0.1) is 30.8 Å². The molecule has 104 valence electrons. The van der Waals surface area contributed by atoms with Crippen LogP contribution in [0.3, 0.4) is 0 Å². The van der Waals surface area contributed by atoms with Gasteiger partial charge in [-0.15, -0.1) is 0 Å². The van der Waals surface area contributed by atoms with Crippen molar-refractivity contribution >= 4 is 17.6 Å². The zero-order valence-electron chi connectivity index (χ0n) is 10.4. The lowest BCUT2D eigenvalue weighted by Crippen LogP contribution is -2.93. The van der Waals surface area contributed by atoms with Crippen molar-refractivity contribution in [2.24, 2.45) is 0 Å². The monoisotopic (exact) mass is 267 g/mol. The second-order valence-electron chi connectivity index (χ2n) is 4.02. The normalized spacial score (nSPS) is 11.8. The zero-order chi connectivity index (χ0) is 14.1. The maximum absolute atomic E-state index is 11.7. The largest absolute Gasteiger partial charge is 0.544 e. The van der Waals surface area contributed by atoms with E-state index in [4.69, 9.17) is 5.11 Å². The minimum absolute atomic E-state index is 0.0157. The number of carbonyl (C=O) groups is 2. The molecule has 0 fully saturated rings. The van der Waals surface area contributed by atoms with Gasteiger partial charge < -0.3 is 25.6 Å². The Hall–Kier alpha value is -1.99. The van der Waals surface area contributed by atoms with Crippen LogP contribution in [0.5, 0.6) is 0 Å². The standard InChI is InChI=1S/C12H17N3O4/c16-6-2-5-14-10(12(18)19)7-11(17)15-9-3-1-4-13-8-9/h1,3-4,8,10,14,16H,2,5-7H2,(H,15,17)(H,18,19)/t10-/m0/s1. The minimum atomic E-state index is -1.29. The second-order valence-corrected chi connectivity index (χ2v) is 4.02. The van der Waals surface area contributed by atoms with Crippen LogP contribution in [0.1, 0.15) is 12.8 Å². The van der Waals surface area contributed by atoms with Crippen LogP contribution in [0.15, 0.2) is 24.5 Å². The van der Waals surface area contributed by atoms with Crippen molar-refractivity contribution in [1.82, 2.24) is 4.98 Å². The van der Waals surface area contributed by atoms with E-state index in [1.165, 1.54) is 11.5 Å². The Bertz CT molecular complexity index is 411. The number of nitrogens with two attached hydrogens (primary N) is 1. The first-order valence-electron chi connectivity index (χ1n) is 5.98. The molecular formula is C12H17N3O4. The smallest absolute Gasteiger partial charge is 0.230 e. The number of hydrogen-bond acceptors (Lipinski definition) is 5. The number of pyridine rings is 1. The molecule has 1 amide bonds. The fraction of sp³-hybridized carbons (Fsp3) is 0.417. The molecule has 19 heavy (non-hydrogen) atoms. The first kappa shape index (κ1) is 15.1. The number of nitrogens with zero attached hydrogens (tertiary/aromatic N) is 1. The maximum atomic E-state index is 11.7. The number of aliphatic hydroxyl groups excluding tert-OH is 1. The fourth-order valence-corrected chi connectivity index (χ4v) is 1.52. The quantitative estimate of drug-likeness (QED) is 0.449. The number of rotatable bonds is 8. The fourth-order valence-electron chi connectivity index (χ4n) is 1.52. The highest BCUT2D eigenvalue weighted by molar-refractivity contribution is 5.93. The number of aromatic nitrogens is 1. The number of quaternary nitrogens is 1. The van der Waals surface area contributed by atoms with E-state index in [0.717, 1.165) is 0 Å². The van der Waals surface area contributed by atoms with Gasteiger partial charge >= 0.3 is 0 Å². The van der Waals surface area contributed by atoms with Crippen LogP contribution < -0.4 is 15.7 Å². The van der Waals surface area contributed by atoms with Gasteiger partial charge in [0, 0.05) is 19.2 Å². The first-order chi connectivity index (χ1) is 9.13. The molecule has 0 unspecified atom stereocenters. The average Bonchev–Trinajstić information content (AvgIpc) is 2.38. The van der Waals surface area contributed by atoms with Crippen molar-refractivity contribution in [2.75, 3.05) is 18.5 Å². The SMILES string of the molecule is O=C(C[C@H]([NH2+]CCCO)C(=O)[O-])Nc1cccnc1. The van der Waals surface area contributed by atoms with Gasteiger partial charge in [0.15, 0.2) is 0 Å². The van der Waals surface area contributed by atoms with Crippen molar-refractivity contribution in [3.8, 4) is 0 Å². The number of aliphatic carboxylic acids is 1. The topological polar surface area (TPSA) is 119 Å². The van der Waals surface area contributed by atoms with E-state index < -0.39 is 17.9 Å². The van der Waals surface area contributed by atoms with Crippen molar-refractivity contribution < 1.29 is 25.1 Å². The molecule has 0 aliphatic rings. The summed E-state index contributed by atoms with van der Waals surface area (Å²) in [6, 6.07) is 2.37. The molecule has 0 saturated carbocycles. The summed E-state index contributed by atoms with van der Waals surface area (Å²) in [6.45, 7) is 0.410. The number of carbonyl (C=O) groups excluding carboxylic acids is 2. The summed E-state index contributed by atoms with van der Waals surface area (Å²) in [4.78, 5) is 26.4. The van der Waals surface area contributed by atoms with Crippen LogP contribution >= 0.6 is 0 Å². The summed E-state index contributed by atoms with van der Waals surface area (Å²) < 4.78 is 0. The predicted molar refractivity (Wildman–Crippen MR) is 64.8 cm³/mol. The van der Waals surface area contributed by atoms with Crippen molar-refractivity contribution in [3.63, 3.8) is 0 Å². The van der Waals surface area contributed by atoms with Crippen LogP contribution in [0.4, 0.5) is 5.69 Å².